The van der Waals surface area contributed by atoms with E-state index in [9.17, 15) is 4.79 Å². The molecule has 1 heterocycles. The molecule has 6 nitrogen and oxygen atoms in total. The number of carboxylic acids is 1. The molecule has 0 spiro atoms. The van der Waals surface area contributed by atoms with Crippen LogP contribution in [0.4, 0.5) is 0 Å². The van der Waals surface area contributed by atoms with Gasteiger partial charge in [-0.25, -0.2) is 9.78 Å². The number of halogens is 1. The van der Waals surface area contributed by atoms with Gasteiger partial charge < -0.3 is 14.6 Å². The van der Waals surface area contributed by atoms with Crippen LogP contribution in [0.3, 0.4) is 0 Å². The van der Waals surface area contributed by atoms with Crippen molar-refractivity contribution in [3.63, 3.8) is 0 Å². The molecule has 2 aromatic rings. The van der Waals surface area contributed by atoms with Gasteiger partial charge in [0.15, 0.2) is 0 Å². The minimum absolute atomic E-state index is 0.0306. The van der Waals surface area contributed by atoms with Crippen LogP contribution in [0.2, 0.25) is 0 Å². The zero-order chi connectivity index (χ0) is 13.8. The monoisotopic (exact) mass is 372 g/mol. The SMILES string of the molecule is COc1ccnc(Oc2ccc(I)cc2C(=O)O)n1. The lowest BCUT2D eigenvalue weighted by Gasteiger charge is -2.08. The Morgan fingerprint density at radius 3 is 2.84 bits per heavy atom. The largest absolute Gasteiger partial charge is 0.481 e. The minimum Gasteiger partial charge on any atom is -0.481 e. The zero-order valence-corrected chi connectivity index (χ0v) is 12.0. The van der Waals surface area contributed by atoms with E-state index < -0.39 is 5.97 Å². The van der Waals surface area contributed by atoms with E-state index in [0.717, 1.165) is 3.57 Å². The fraction of sp³-hybridized carbons (Fsp3) is 0.0833. The van der Waals surface area contributed by atoms with Crippen molar-refractivity contribution >= 4 is 28.6 Å². The first kappa shape index (κ1) is 13.5. The normalized spacial score (nSPS) is 10.0. The van der Waals surface area contributed by atoms with Crippen molar-refractivity contribution in [3.8, 4) is 17.6 Å². The molecule has 0 saturated carbocycles. The van der Waals surface area contributed by atoms with Crippen LogP contribution in [0.1, 0.15) is 10.4 Å². The van der Waals surface area contributed by atoms with E-state index in [1.165, 1.54) is 19.4 Å². The first-order chi connectivity index (χ1) is 9.10. The third-order valence-electron chi connectivity index (χ3n) is 2.19. The second-order valence-corrected chi connectivity index (χ2v) is 4.67. The van der Waals surface area contributed by atoms with Gasteiger partial charge in [-0.05, 0) is 40.8 Å². The molecule has 1 aromatic carbocycles. The molecule has 0 radical (unpaired) electrons. The molecular formula is C12H9IN2O4. The predicted octanol–water partition coefficient (Wildman–Crippen LogP) is 2.58. The third-order valence-corrected chi connectivity index (χ3v) is 2.86. The van der Waals surface area contributed by atoms with Crippen molar-refractivity contribution in [2.45, 2.75) is 0 Å². The van der Waals surface area contributed by atoms with Crippen LogP contribution >= 0.6 is 22.6 Å². The van der Waals surface area contributed by atoms with Crippen LogP contribution in [-0.4, -0.2) is 28.2 Å². The third kappa shape index (κ3) is 3.31. The molecule has 98 valence electrons. The average molecular weight is 372 g/mol. The quantitative estimate of drug-likeness (QED) is 0.831. The summed E-state index contributed by atoms with van der Waals surface area (Å²) in [5.41, 5.74) is 0.0540. The molecule has 1 N–H and O–H groups in total. The number of rotatable bonds is 4. The van der Waals surface area contributed by atoms with E-state index in [4.69, 9.17) is 14.6 Å². The molecule has 0 unspecified atom stereocenters. The summed E-state index contributed by atoms with van der Waals surface area (Å²) < 4.78 is 11.1. The van der Waals surface area contributed by atoms with Crippen molar-refractivity contribution in [2.24, 2.45) is 0 Å². The Balaban J connectivity index is 2.34. The summed E-state index contributed by atoms with van der Waals surface area (Å²) in [5, 5.41) is 9.12. The molecule has 2 rings (SSSR count). The number of carbonyl (C=O) groups is 1. The number of ether oxygens (including phenoxy) is 2. The average Bonchev–Trinajstić information content (AvgIpc) is 2.41. The molecule has 0 atom stereocenters. The van der Waals surface area contributed by atoms with E-state index in [-0.39, 0.29) is 17.3 Å². The lowest BCUT2D eigenvalue weighted by Crippen LogP contribution is -2.02. The predicted molar refractivity (Wildman–Crippen MR) is 74.8 cm³/mol. The van der Waals surface area contributed by atoms with Crippen LogP contribution in [0.25, 0.3) is 0 Å². The highest BCUT2D eigenvalue weighted by Crippen LogP contribution is 2.25. The lowest BCUT2D eigenvalue weighted by molar-refractivity contribution is 0.0694. The van der Waals surface area contributed by atoms with Gasteiger partial charge in [-0.3, -0.25) is 0 Å². The molecule has 7 heteroatoms. The number of methoxy groups -OCH3 is 1. The standard InChI is InChI=1S/C12H9IN2O4/c1-18-10-4-5-14-12(15-10)19-9-3-2-7(13)6-8(9)11(16)17/h2-6H,1H3,(H,16,17). The van der Waals surface area contributed by atoms with Gasteiger partial charge in [0.1, 0.15) is 11.3 Å². The van der Waals surface area contributed by atoms with Crippen LogP contribution in [-0.2, 0) is 0 Å². The number of aromatic carboxylic acids is 1. The summed E-state index contributed by atoms with van der Waals surface area (Å²) in [5.74, 6) is -0.551. The summed E-state index contributed by atoms with van der Waals surface area (Å²) >= 11 is 2.03. The van der Waals surface area contributed by atoms with Crippen LogP contribution in [0, 0.1) is 3.57 Å². The molecule has 0 aliphatic carbocycles. The van der Waals surface area contributed by atoms with Crippen molar-refractivity contribution in [2.75, 3.05) is 7.11 Å². The molecule has 0 saturated heterocycles. The highest BCUT2D eigenvalue weighted by molar-refractivity contribution is 14.1. The summed E-state index contributed by atoms with van der Waals surface area (Å²) in [6.07, 6.45) is 1.47. The molecule has 0 bridgehead atoms. The number of hydrogen-bond acceptors (Lipinski definition) is 5. The molecule has 1 aromatic heterocycles. The number of benzene rings is 1. The van der Waals surface area contributed by atoms with Crippen LogP contribution in [0.5, 0.6) is 17.6 Å². The van der Waals surface area contributed by atoms with E-state index in [1.807, 2.05) is 22.6 Å². The maximum atomic E-state index is 11.1. The molecule has 0 aliphatic heterocycles. The first-order valence-corrected chi connectivity index (χ1v) is 6.26. The summed E-state index contributed by atoms with van der Waals surface area (Å²) in [6.45, 7) is 0. The Morgan fingerprint density at radius 1 is 1.37 bits per heavy atom. The Morgan fingerprint density at radius 2 is 2.16 bits per heavy atom. The lowest BCUT2D eigenvalue weighted by atomic mass is 10.2. The Hall–Kier alpha value is -1.90. The van der Waals surface area contributed by atoms with E-state index in [0.29, 0.717) is 5.88 Å². The highest BCUT2D eigenvalue weighted by Gasteiger charge is 2.14. The number of aromatic nitrogens is 2. The summed E-state index contributed by atoms with van der Waals surface area (Å²) in [6, 6.07) is 6.41. The maximum Gasteiger partial charge on any atom is 0.339 e. The fourth-order valence-corrected chi connectivity index (χ4v) is 1.84. The second-order valence-electron chi connectivity index (χ2n) is 3.43. The first-order valence-electron chi connectivity index (χ1n) is 5.18. The van der Waals surface area contributed by atoms with Gasteiger partial charge >= 0.3 is 12.0 Å². The smallest absolute Gasteiger partial charge is 0.339 e. The summed E-state index contributed by atoms with van der Waals surface area (Å²) in [7, 11) is 1.47. The highest BCUT2D eigenvalue weighted by atomic mass is 127. The number of nitrogens with zero attached hydrogens (tertiary/aromatic N) is 2. The zero-order valence-electron chi connectivity index (χ0n) is 9.83. The van der Waals surface area contributed by atoms with Gasteiger partial charge in [0.2, 0.25) is 5.88 Å². The number of carboxylic acid groups (broad SMARTS) is 1. The second kappa shape index (κ2) is 5.83. The minimum atomic E-state index is -1.07. The molecule has 19 heavy (non-hydrogen) atoms. The molecule has 0 aliphatic rings. The fourth-order valence-electron chi connectivity index (χ4n) is 1.34. The topological polar surface area (TPSA) is 81.5 Å². The summed E-state index contributed by atoms with van der Waals surface area (Å²) in [4.78, 5) is 19.0. The van der Waals surface area contributed by atoms with E-state index in [1.54, 1.807) is 18.2 Å². The maximum absolute atomic E-state index is 11.1. The molecule has 0 fully saturated rings. The molecular weight excluding hydrogens is 363 g/mol. The number of hydrogen-bond donors (Lipinski definition) is 1. The van der Waals surface area contributed by atoms with E-state index in [2.05, 4.69) is 9.97 Å². The van der Waals surface area contributed by atoms with Crippen molar-refractivity contribution in [1.82, 2.24) is 9.97 Å². The van der Waals surface area contributed by atoms with Gasteiger partial charge in [0, 0.05) is 15.8 Å². The van der Waals surface area contributed by atoms with Gasteiger partial charge in [-0.15, -0.1) is 0 Å². The van der Waals surface area contributed by atoms with Crippen molar-refractivity contribution < 1.29 is 19.4 Å². The molecule has 0 amide bonds. The van der Waals surface area contributed by atoms with Crippen molar-refractivity contribution in [1.29, 1.82) is 0 Å². The Bertz CT molecular complexity index is 618. The van der Waals surface area contributed by atoms with Gasteiger partial charge in [-0.1, -0.05) is 0 Å². The van der Waals surface area contributed by atoms with Gasteiger partial charge in [0.25, 0.3) is 0 Å². The van der Waals surface area contributed by atoms with Crippen LogP contribution in [0.15, 0.2) is 30.5 Å². The Labute approximate surface area is 122 Å². The van der Waals surface area contributed by atoms with Crippen LogP contribution < -0.4 is 9.47 Å². The van der Waals surface area contributed by atoms with Crippen molar-refractivity contribution in [3.05, 3.63) is 39.6 Å². The van der Waals surface area contributed by atoms with Gasteiger partial charge in [0.05, 0.1) is 7.11 Å². The van der Waals surface area contributed by atoms with Gasteiger partial charge in [-0.2, -0.15) is 4.98 Å². The van der Waals surface area contributed by atoms with E-state index >= 15 is 0 Å². The Kier molecular flexibility index (Phi) is 4.15.